The summed E-state index contributed by atoms with van der Waals surface area (Å²) in [5.41, 5.74) is 0. The Morgan fingerprint density at radius 3 is 2.85 bits per heavy atom. The number of aliphatic imine (C=N–C) groups is 1. The van der Waals surface area contributed by atoms with E-state index >= 15 is 0 Å². The quantitative estimate of drug-likeness (QED) is 0.621. The molecule has 1 fully saturated rings. The number of carbonyl (C=O) groups is 1. The molecule has 0 aromatic heterocycles. The highest BCUT2D eigenvalue weighted by atomic mass is 16.5. The molecular weight excluding hydrogens is 168 g/mol. The van der Waals surface area contributed by atoms with Crippen molar-refractivity contribution >= 4 is 12.3 Å². The summed E-state index contributed by atoms with van der Waals surface area (Å²) in [5, 5.41) is 0. The number of hydrogen-bond acceptors (Lipinski definition) is 3. The Morgan fingerprint density at radius 2 is 2.23 bits per heavy atom. The van der Waals surface area contributed by atoms with Crippen LogP contribution in [0.4, 0.5) is 0 Å². The molecule has 13 heavy (non-hydrogen) atoms. The highest BCUT2D eigenvalue weighted by molar-refractivity contribution is 5.91. The van der Waals surface area contributed by atoms with Crippen LogP contribution in [-0.2, 0) is 9.53 Å². The molecule has 1 saturated heterocycles. The predicted octanol–water partition coefficient (Wildman–Crippen LogP) is 0.426. The van der Waals surface area contributed by atoms with Crippen LogP contribution in [0.1, 0.15) is 19.3 Å². The van der Waals surface area contributed by atoms with Gasteiger partial charge in [-0.15, -0.1) is 0 Å². The third-order valence-electron chi connectivity index (χ3n) is 2.55. The first kappa shape index (κ1) is 8.69. The Hall–Kier alpha value is -0.900. The summed E-state index contributed by atoms with van der Waals surface area (Å²) < 4.78 is 5.09. The van der Waals surface area contributed by atoms with Gasteiger partial charge in [-0.3, -0.25) is 9.69 Å². The average Bonchev–Trinajstić information content (AvgIpc) is 2.54. The molecule has 1 amide bonds. The van der Waals surface area contributed by atoms with Crippen LogP contribution in [0.5, 0.6) is 0 Å². The summed E-state index contributed by atoms with van der Waals surface area (Å²) >= 11 is 0. The SMILES string of the molecule is O=C1N=COC1CN1CCCCC1. The molecule has 0 bridgehead atoms. The van der Waals surface area contributed by atoms with Crippen molar-refractivity contribution in [1.29, 1.82) is 0 Å². The van der Waals surface area contributed by atoms with E-state index in [0.29, 0.717) is 6.54 Å². The van der Waals surface area contributed by atoms with Gasteiger partial charge in [0.15, 0.2) is 12.5 Å². The van der Waals surface area contributed by atoms with E-state index in [-0.39, 0.29) is 12.0 Å². The lowest BCUT2D eigenvalue weighted by molar-refractivity contribution is -0.123. The van der Waals surface area contributed by atoms with Crippen LogP contribution in [0.2, 0.25) is 0 Å². The van der Waals surface area contributed by atoms with E-state index in [1.54, 1.807) is 0 Å². The van der Waals surface area contributed by atoms with Crippen molar-refractivity contribution in [2.45, 2.75) is 25.4 Å². The summed E-state index contributed by atoms with van der Waals surface area (Å²) in [4.78, 5) is 16.9. The fraction of sp³-hybridized carbons (Fsp3) is 0.778. The molecule has 0 N–H and O–H groups in total. The molecule has 0 spiro atoms. The molecule has 4 nitrogen and oxygen atoms in total. The van der Waals surface area contributed by atoms with Crippen molar-refractivity contribution in [3.63, 3.8) is 0 Å². The van der Waals surface area contributed by atoms with Crippen molar-refractivity contribution in [2.75, 3.05) is 19.6 Å². The van der Waals surface area contributed by atoms with Gasteiger partial charge in [-0.1, -0.05) is 6.42 Å². The standard InChI is InChI=1S/C9H14N2O2/c12-9-8(13-7-10-9)6-11-4-2-1-3-5-11/h7-8H,1-6H2. The van der Waals surface area contributed by atoms with E-state index in [1.165, 1.54) is 25.7 Å². The van der Waals surface area contributed by atoms with Crippen LogP contribution in [-0.4, -0.2) is 42.9 Å². The van der Waals surface area contributed by atoms with E-state index in [1.807, 2.05) is 0 Å². The van der Waals surface area contributed by atoms with Crippen LogP contribution < -0.4 is 0 Å². The van der Waals surface area contributed by atoms with Crippen LogP contribution >= 0.6 is 0 Å². The van der Waals surface area contributed by atoms with E-state index in [2.05, 4.69) is 9.89 Å². The monoisotopic (exact) mass is 182 g/mol. The Morgan fingerprint density at radius 1 is 1.46 bits per heavy atom. The Balaban J connectivity index is 1.80. The average molecular weight is 182 g/mol. The smallest absolute Gasteiger partial charge is 0.290 e. The molecule has 2 aliphatic rings. The molecule has 0 aromatic carbocycles. The molecule has 1 unspecified atom stereocenters. The topological polar surface area (TPSA) is 41.9 Å². The summed E-state index contributed by atoms with van der Waals surface area (Å²) in [6.07, 6.45) is 4.71. The number of likely N-dealkylation sites (tertiary alicyclic amines) is 1. The van der Waals surface area contributed by atoms with Gasteiger partial charge in [-0.2, -0.15) is 4.99 Å². The number of hydrogen-bond donors (Lipinski definition) is 0. The maximum Gasteiger partial charge on any atom is 0.290 e. The van der Waals surface area contributed by atoms with Crippen LogP contribution in [0.3, 0.4) is 0 Å². The normalized spacial score (nSPS) is 29.2. The first-order valence-electron chi connectivity index (χ1n) is 4.80. The summed E-state index contributed by atoms with van der Waals surface area (Å²) in [6, 6.07) is 0. The second-order valence-corrected chi connectivity index (χ2v) is 3.56. The lowest BCUT2D eigenvalue weighted by Crippen LogP contribution is -2.38. The molecule has 2 heterocycles. The molecule has 4 heteroatoms. The minimum Gasteiger partial charge on any atom is -0.469 e. The zero-order chi connectivity index (χ0) is 9.10. The van der Waals surface area contributed by atoms with Gasteiger partial charge in [0.2, 0.25) is 0 Å². The van der Waals surface area contributed by atoms with Crippen molar-refractivity contribution < 1.29 is 9.53 Å². The van der Waals surface area contributed by atoms with Crippen LogP contribution in [0, 0.1) is 0 Å². The number of amides is 1. The van der Waals surface area contributed by atoms with Crippen molar-refractivity contribution in [2.24, 2.45) is 4.99 Å². The van der Waals surface area contributed by atoms with E-state index in [0.717, 1.165) is 13.1 Å². The second-order valence-electron chi connectivity index (χ2n) is 3.56. The molecule has 0 aliphatic carbocycles. The number of piperidine rings is 1. The molecule has 2 aliphatic heterocycles. The molecular formula is C9H14N2O2. The minimum atomic E-state index is -0.335. The molecule has 0 aromatic rings. The van der Waals surface area contributed by atoms with E-state index < -0.39 is 0 Å². The first-order valence-corrected chi connectivity index (χ1v) is 4.80. The lowest BCUT2D eigenvalue weighted by Gasteiger charge is -2.27. The van der Waals surface area contributed by atoms with Gasteiger partial charge >= 0.3 is 0 Å². The summed E-state index contributed by atoms with van der Waals surface area (Å²) in [7, 11) is 0. The number of rotatable bonds is 2. The van der Waals surface area contributed by atoms with Gasteiger partial charge in [-0.05, 0) is 25.9 Å². The van der Waals surface area contributed by atoms with Gasteiger partial charge in [0.1, 0.15) is 0 Å². The number of ether oxygens (including phenoxy) is 1. The van der Waals surface area contributed by atoms with Gasteiger partial charge in [-0.25, -0.2) is 0 Å². The summed E-state index contributed by atoms with van der Waals surface area (Å²) in [5.74, 6) is -0.134. The van der Waals surface area contributed by atoms with Crippen molar-refractivity contribution in [3.05, 3.63) is 0 Å². The van der Waals surface area contributed by atoms with E-state index in [4.69, 9.17) is 4.74 Å². The Labute approximate surface area is 77.6 Å². The molecule has 0 saturated carbocycles. The predicted molar refractivity (Wildman–Crippen MR) is 48.7 cm³/mol. The van der Waals surface area contributed by atoms with Crippen LogP contribution in [0.25, 0.3) is 0 Å². The maximum atomic E-state index is 11.1. The molecule has 2 rings (SSSR count). The minimum absolute atomic E-state index is 0.134. The van der Waals surface area contributed by atoms with Gasteiger partial charge in [0.25, 0.3) is 5.91 Å². The van der Waals surface area contributed by atoms with Gasteiger partial charge in [0.05, 0.1) is 0 Å². The van der Waals surface area contributed by atoms with Crippen LogP contribution in [0.15, 0.2) is 4.99 Å². The molecule has 72 valence electrons. The third-order valence-corrected chi connectivity index (χ3v) is 2.55. The van der Waals surface area contributed by atoms with E-state index in [9.17, 15) is 4.79 Å². The number of carbonyl (C=O) groups excluding carboxylic acids is 1. The second kappa shape index (κ2) is 3.87. The maximum absolute atomic E-state index is 11.1. The zero-order valence-electron chi connectivity index (χ0n) is 7.61. The molecule has 0 radical (unpaired) electrons. The fourth-order valence-corrected chi connectivity index (χ4v) is 1.79. The first-order chi connectivity index (χ1) is 6.36. The zero-order valence-corrected chi connectivity index (χ0v) is 7.61. The van der Waals surface area contributed by atoms with Gasteiger partial charge in [0, 0.05) is 6.54 Å². The highest BCUT2D eigenvalue weighted by Crippen LogP contribution is 2.11. The molecule has 1 atom stereocenters. The Bertz CT molecular complexity index is 222. The Kier molecular flexibility index (Phi) is 2.59. The van der Waals surface area contributed by atoms with Crippen molar-refractivity contribution in [3.8, 4) is 0 Å². The summed E-state index contributed by atoms with van der Waals surface area (Å²) in [6.45, 7) is 2.89. The van der Waals surface area contributed by atoms with Crippen molar-refractivity contribution in [1.82, 2.24) is 4.90 Å². The largest absolute Gasteiger partial charge is 0.469 e. The lowest BCUT2D eigenvalue weighted by atomic mass is 10.1. The fourth-order valence-electron chi connectivity index (χ4n) is 1.79. The highest BCUT2D eigenvalue weighted by Gasteiger charge is 2.26. The third kappa shape index (κ3) is 2.06. The number of nitrogens with zero attached hydrogens (tertiary/aromatic N) is 2. The van der Waals surface area contributed by atoms with Gasteiger partial charge < -0.3 is 4.74 Å².